The molecule has 2 heterocycles. The Labute approximate surface area is 97.0 Å². The lowest BCUT2D eigenvalue weighted by Crippen LogP contribution is -2.56. The third kappa shape index (κ3) is 2.17. The Morgan fingerprint density at radius 3 is 2.12 bits per heavy atom. The summed E-state index contributed by atoms with van der Waals surface area (Å²) in [5, 5.41) is 12.9. The predicted octanol–water partition coefficient (Wildman–Crippen LogP) is 2.05. The Balaban J connectivity index is 2.12. The fourth-order valence-corrected chi connectivity index (χ4v) is 3.23. The van der Waals surface area contributed by atoms with Crippen LogP contribution < -0.4 is 5.32 Å². The number of rotatable bonds is 1. The standard InChI is InChI=1S/C12H22N2O2/c1-12(2,3)14(11(15)16)10-6-8-4-5-9(7-10)13-8/h8-10,13H,4-7H2,1-3H3,(H,15,16)/t8-,9-/m1/s1. The number of nitrogens with zero attached hydrogens (tertiary/aromatic N) is 1. The first-order valence-corrected chi connectivity index (χ1v) is 6.16. The lowest BCUT2D eigenvalue weighted by atomic mass is 9.94. The van der Waals surface area contributed by atoms with Gasteiger partial charge in [0.2, 0.25) is 0 Å². The molecule has 92 valence electrons. The maximum absolute atomic E-state index is 11.4. The zero-order valence-electron chi connectivity index (χ0n) is 10.4. The van der Waals surface area contributed by atoms with Crippen molar-refractivity contribution in [3.8, 4) is 0 Å². The topological polar surface area (TPSA) is 52.6 Å². The van der Waals surface area contributed by atoms with Gasteiger partial charge < -0.3 is 15.3 Å². The van der Waals surface area contributed by atoms with Crippen LogP contribution in [-0.4, -0.2) is 39.8 Å². The second kappa shape index (κ2) is 3.91. The van der Waals surface area contributed by atoms with Crippen LogP contribution in [0.3, 0.4) is 0 Å². The molecule has 1 amide bonds. The van der Waals surface area contributed by atoms with Crippen molar-refractivity contribution in [2.24, 2.45) is 0 Å². The van der Waals surface area contributed by atoms with E-state index in [1.807, 2.05) is 20.8 Å². The van der Waals surface area contributed by atoms with Crippen LogP contribution >= 0.6 is 0 Å². The zero-order chi connectivity index (χ0) is 11.9. The van der Waals surface area contributed by atoms with Crippen molar-refractivity contribution in [3.63, 3.8) is 0 Å². The Morgan fingerprint density at radius 2 is 1.75 bits per heavy atom. The molecular weight excluding hydrogens is 204 g/mol. The molecule has 0 saturated carbocycles. The molecule has 2 aliphatic rings. The van der Waals surface area contributed by atoms with Gasteiger partial charge in [-0.25, -0.2) is 4.79 Å². The Bertz CT molecular complexity index is 273. The number of amides is 1. The Hall–Kier alpha value is -0.770. The highest BCUT2D eigenvalue weighted by Gasteiger charge is 2.41. The molecule has 2 fully saturated rings. The minimum absolute atomic E-state index is 0.191. The molecule has 2 bridgehead atoms. The Kier molecular flexibility index (Phi) is 2.86. The average molecular weight is 226 g/mol. The summed E-state index contributed by atoms with van der Waals surface area (Å²) in [4.78, 5) is 13.0. The van der Waals surface area contributed by atoms with Gasteiger partial charge in [-0.3, -0.25) is 0 Å². The van der Waals surface area contributed by atoms with Gasteiger partial charge in [0.1, 0.15) is 0 Å². The van der Waals surface area contributed by atoms with Crippen LogP contribution in [-0.2, 0) is 0 Å². The van der Waals surface area contributed by atoms with Crippen LogP contribution in [0.4, 0.5) is 4.79 Å². The molecule has 2 aliphatic heterocycles. The molecule has 0 spiro atoms. The van der Waals surface area contributed by atoms with Gasteiger partial charge in [-0.2, -0.15) is 0 Å². The summed E-state index contributed by atoms with van der Waals surface area (Å²) in [7, 11) is 0. The molecule has 16 heavy (non-hydrogen) atoms. The molecule has 0 aliphatic carbocycles. The van der Waals surface area contributed by atoms with Crippen molar-refractivity contribution in [1.82, 2.24) is 10.2 Å². The summed E-state index contributed by atoms with van der Waals surface area (Å²) in [6.45, 7) is 5.93. The number of carbonyl (C=O) groups is 1. The summed E-state index contributed by atoms with van der Waals surface area (Å²) < 4.78 is 0. The maximum atomic E-state index is 11.4. The van der Waals surface area contributed by atoms with Crippen LogP contribution in [0.2, 0.25) is 0 Å². The van der Waals surface area contributed by atoms with Gasteiger partial charge in [0, 0.05) is 23.7 Å². The van der Waals surface area contributed by atoms with E-state index < -0.39 is 6.09 Å². The third-order valence-corrected chi connectivity index (χ3v) is 3.74. The molecule has 0 aromatic heterocycles. The first-order chi connectivity index (χ1) is 7.38. The van der Waals surface area contributed by atoms with E-state index in [1.165, 1.54) is 12.8 Å². The fourth-order valence-electron chi connectivity index (χ4n) is 3.23. The molecule has 2 saturated heterocycles. The predicted molar refractivity (Wildman–Crippen MR) is 62.6 cm³/mol. The molecule has 0 radical (unpaired) electrons. The van der Waals surface area contributed by atoms with Gasteiger partial charge in [-0.1, -0.05) is 0 Å². The summed E-state index contributed by atoms with van der Waals surface area (Å²) in [6, 6.07) is 1.26. The van der Waals surface area contributed by atoms with Gasteiger partial charge in [-0.15, -0.1) is 0 Å². The van der Waals surface area contributed by atoms with Gasteiger partial charge in [0.05, 0.1) is 0 Å². The number of piperidine rings is 1. The summed E-state index contributed by atoms with van der Waals surface area (Å²) >= 11 is 0. The van der Waals surface area contributed by atoms with E-state index in [1.54, 1.807) is 4.90 Å². The van der Waals surface area contributed by atoms with E-state index >= 15 is 0 Å². The smallest absolute Gasteiger partial charge is 0.407 e. The molecule has 0 aromatic carbocycles. The van der Waals surface area contributed by atoms with E-state index in [-0.39, 0.29) is 11.6 Å². The van der Waals surface area contributed by atoms with Crippen molar-refractivity contribution in [3.05, 3.63) is 0 Å². The number of carboxylic acid groups (broad SMARTS) is 1. The minimum atomic E-state index is -0.779. The maximum Gasteiger partial charge on any atom is 0.407 e. The van der Waals surface area contributed by atoms with Gasteiger partial charge in [0.15, 0.2) is 0 Å². The SMILES string of the molecule is CC(C)(C)N(C(=O)O)C1C[C@H]2CC[C@H](C1)N2. The van der Waals surface area contributed by atoms with Gasteiger partial charge in [0.25, 0.3) is 0 Å². The van der Waals surface area contributed by atoms with Crippen LogP contribution in [0.5, 0.6) is 0 Å². The molecule has 2 N–H and O–H groups in total. The van der Waals surface area contributed by atoms with Gasteiger partial charge in [-0.05, 0) is 46.5 Å². The quantitative estimate of drug-likeness (QED) is 0.719. The number of nitrogens with one attached hydrogen (secondary N) is 1. The summed E-state index contributed by atoms with van der Waals surface area (Å²) in [5.41, 5.74) is -0.298. The molecule has 2 rings (SSSR count). The third-order valence-electron chi connectivity index (χ3n) is 3.74. The molecule has 4 heteroatoms. The zero-order valence-corrected chi connectivity index (χ0v) is 10.4. The van der Waals surface area contributed by atoms with Crippen molar-refractivity contribution in [2.75, 3.05) is 0 Å². The average Bonchev–Trinajstić information content (AvgIpc) is 2.42. The monoisotopic (exact) mass is 226 g/mol. The summed E-state index contributed by atoms with van der Waals surface area (Å²) in [5.74, 6) is 0. The van der Waals surface area contributed by atoms with Crippen LogP contribution in [0.15, 0.2) is 0 Å². The van der Waals surface area contributed by atoms with E-state index in [0.29, 0.717) is 12.1 Å². The highest BCUT2D eigenvalue weighted by atomic mass is 16.4. The number of hydrogen-bond acceptors (Lipinski definition) is 2. The van der Waals surface area contributed by atoms with Crippen molar-refractivity contribution >= 4 is 6.09 Å². The minimum Gasteiger partial charge on any atom is -0.465 e. The van der Waals surface area contributed by atoms with Crippen LogP contribution in [0.25, 0.3) is 0 Å². The molecule has 2 atom stereocenters. The van der Waals surface area contributed by atoms with Crippen LogP contribution in [0.1, 0.15) is 46.5 Å². The van der Waals surface area contributed by atoms with Crippen molar-refractivity contribution < 1.29 is 9.90 Å². The van der Waals surface area contributed by atoms with Gasteiger partial charge >= 0.3 is 6.09 Å². The molecule has 0 unspecified atom stereocenters. The molecule has 0 aromatic rings. The Morgan fingerprint density at radius 1 is 1.25 bits per heavy atom. The second-order valence-corrected chi connectivity index (χ2v) is 6.09. The van der Waals surface area contributed by atoms with E-state index in [4.69, 9.17) is 0 Å². The molecular formula is C12H22N2O2. The van der Waals surface area contributed by atoms with Crippen molar-refractivity contribution in [2.45, 2.75) is 70.1 Å². The largest absolute Gasteiger partial charge is 0.465 e. The van der Waals surface area contributed by atoms with E-state index in [0.717, 1.165) is 12.8 Å². The number of fused-ring (bicyclic) bond motifs is 2. The van der Waals surface area contributed by atoms with E-state index in [2.05, 4.69) is 5.32 Å². The lowest BCUT2D eigenvalue weighted by molar-refractivity contribution is 0.0521. The summed E-state index contributed by atoms with van der Waals surface area (Å²) in [6.07, 6.45) is 3.58. The first kappa shape index (κ1) is 11.7. The second-order valence-electron chi connectivity index (χ2n) is 6.09. The lowest BCUT2D eigenvalue weighted by Gasteiger charge is -2.43. The van der Waals surface area contributed by atoms with E-state index in [9.17, 15) is 9.90 Å². The van der Waals surface area contributed by atoms with Crippen molar-refractivity contribution in [1.29, 1.82) is 0 Å². The molecule has 4 nitrogen and oxygen atoms in total. The first-order valence-electron chi connectivity index (χ1n) is 6.16. The number of hydrogen-bond donors (Lipinski definition) is 2. The normalized spacial score (nSPS) is 33.8. The van der Waals surface area contributed by atoms with Crippen LogP contribution in [0, 0.1) is 0 Å². The highest BCUT2D eigenvalue weighted by molar-refractivity contribution is 5.66. The highest BCUT2D eigenvalue weighted by Crippen LogP contribution is 2.32. The fraction of sp³-hybridized carbons (Fsp3) is 0.917.